The number of piperidine rings is 1. The van der Waals surface area contributed by atoms with Crippen LogP contribution in [0.25, 0.3) is 0 Å². The molecule has 1 atom stereocenters. The van der Waals surface area contributed by atoms with Gasteiger partial charge in [-0.05, 0) is 51.0 Å². The number of para-hydroxylation sites is 1. The molecule has 0 bridgehead atoms. The third kappa shape index (κ3) is 5.37. The molecule has 1 aliphatic rings. The van der Waals surface area contributed by atoms with Crippen molar-refractivity contribution in [1.29, 1.82) is 0 Å². The van der Waals surface area contributed by atoms with Crippen LogP contribution in [0.4, 0.5) is 0 Å². The number of hydrogen-bond donors (Lipinski definition) is 1. The monoisotopic (exact) mass is 444 g/mol. The number of benzene rings is 2. The average molecular weight is 445 g/mol. The molecule has 1 saturated heterocycles. The second-order valence-electron chi connectivity index (χ2n) is 8.70. The molecule has 1 N–H and O–H groups in total. The lowest BCUT2D eigenvalue weighted by atomic mass is 9.92. The molecular formula is C26H28N4O3. The summed E-state index contributed by atoms with van der Waals surface area (Å²) in [5.41, 5.74) is 0.225. The van der Waals surface area contributed by atoms with Crippen molar-refractivity contribution in [3.05, 3.63) is 84.3 Å². The number of carbonyl (C=O) groups is 2. The van der Waals surface area contributed by atoms with E-state index in [1.54, 1.807) is 55.4 Å². The van der Waals surface area contributed by atoms with E-state index < -0.39 is 5.54 Å². The van der Waals surface area contributed by atoms with Crippen LogP contribution in [0.15, 0.2) is 73.1 Å². The second-order valence-corrected chi connectivity index (χ2v) is 8.70. The van der Waals surface area contributed by atoms with Gasteiger partial charge in [-0.3, -0.25) is 14.6 Å². The Kier molecular flexibility index (Phi) is 6.68. The van der Waals surface area contributed by atoms with Crippen LogP contribution in [0.5, 0.6) is 11.6 Å². The molecule has 0 aliphatic carbocycles. The third-order valence-electron chi connectivity index (χ3n) is 5.74. The van der Waals surface area contributed by atoms with Gasteiger partial charge in [0.25, 0.3) is 5.91 Å². The van der Waals surface area contributed by atoms with Gasteiger partial charge in [-0.25, -0.2) is 4.98 Å². The van der Waals surface area contributed by atoms with E-state index in [2.05, 4.69) is 15.3 Å². The summed E-state index contributed by atoms with van der Waals surface area (Å²) in [6, 6.07) is 18.4. The first-order valence-corrected chi connectivity index (χ1v) is 11.1. The maximum atomic E-state index is 13.4. The highest BCUT2D eigenvalue weighted by molar-refractivity contribution is 5.98. The van der Waals surface area contributed by atoms with E-state index in [4.69, 9.17) is 4.74 Å². The molecule has 7 nitrogen and oxygen atoms in total. The van der Waals surface area contributed by atoms with Gasteiger partial charge in [0, 0.05) is 37.0 Å². The molecule has 2 aromatic carbocycles. The normalized spacial score (nSPS) is 16.2. The van der Waals surface area contributed by atoms with Crippen molar-refractivity contribution in [2.75, 3.05) is 13.1 Å². The minimum absolute atomic E-state index is 0.00395. The van der Waals surface area contributed by atoms with Crippen molar-refractivity contribution >= 4 is 11.8 Å². The van der Waals surface area contributed by atoms with Crippen LogP contribution in [0.2, 0.25) is 0 Å². The zero-order valence-corrected chi connectivity index (χ0v) is 18.9. The van der Waals surface area contributed by atoms with Gasteiger partial charge in [-0.15, -0.1) is 0 Å². The fraction of sp³-hybridized carbons (Fsp3) is 0.308. The smallest absolute Gasteiger partial charge is 0.252 e. The molecule has 2 heterocycles. The molecule has 33 heavy (non-hydrogen) atoms. The second kappa shape index (κ2) is 9.81. The number of nitrogens with one attached hydrogen (secondary N) is 1. The van der Waals surface area contributed by atoms with E-state index in [1.807, 2.05) is 36.4 Å². The minimum atomic E-state index is -1.04. The Hall–Kier alpha value is -3.74. The molecular weight excluding hydrogens is 416 g/mol. The molecule has 7 heteroatoms. The number of nitrogens with zero attached hydrogens (tertiary/aromatic N) is 3. The Morgan fingerprint density at radius 2 is 1.67 bits per heavy atom. The number of ether oxygens (including phenoxy) is 1. The SMILES string of the molecule is CC(C)(NC(=O)c1ccccc1)C(=O)N1CCCC(c2nccnc2Oc2ccccc2)C1. The Morgan fingerprint density at radius 3 is 2.39 bits per heavy atom. The summed E-state index contributed by atoms with van der Waals surface area (Å²) in [4.78, 5) is 36.8. The minimum Gasteiger partial charge on any atom is -0.437 e. The van der Waals surface area contributed by atoms with E-state index in [-0.39, 0.29) is 17.7 Å². The first kappa shape index (κ1) is 22.5. The standard InChI is InChI=1S/C26H28N4O3/c1-26(2,29-23(31)19-10-5-3-6-11-19)25(32)30-17-9-12-20(18-30)22-24(28-16-15-27-22)33-21-13-7-4-8-14-21/h3-8,10-11,13-16,20H,9,12,17-18H2,1-2H3,(H,29,31). The molecule has 4 rings (SSSR count). The van der Waals surface area contributed by atoms with Crippen molar-refractivity contribution in [2.24, 2.45) is 0 Å². The lowest BCUT2D eigenvalue weighted by molar-refractivity contribution is -0.138. The maximum Gasteiger partial charge on any atom is 0.252 e. The summed E-state index contributed by atoms with van der Waals surface area (Å²) in [5, 5.41) is 2.89. The van der Waals surface area contributed by atoms with Crippen LogP contribution in [-0.4, -0.2) is 45.3 Å². The Balaban J connectivity index is 1.47. The van der Waals surface area contributed by atoms with Crippen molar-refractivity contribution in [3.63, 3.8) is 0 Å². The van der Waals surface area contributed by atoms with Crippen LogP contribution in [0, 0.1) is 0 Å². The zero-order valence-electron chi connectivity index (χ0n) is 18.9. The van der Waals surface area contributed by atoms with Gasteiger partial charge in [0.15, 0.2) is 0 Å². The first-order chi connectivity index (χ1) is 15.9. The van der Waals surface area contributed by atoms with E-state index >= 15 is 0 Å². The van der Waals surface area contributed by atoms with Crippen LogP contribution < -0.4 is 10.1 Å². The summed E-state index contributed by atoms with van der Waals surface area (Å²) in [5.74, 6) is 0.754. The van der Waals surface area contributed by atoms with E-state index in [0.29, 0.717) is 30.3 Å². The zero-order chi connectivity index (χ0) is 23.3. The van der Waals surface area contributed by atoms with Crippen LogP contribution in [0.1, 0.15) is 48.7 Å². The van der Waals surface area contributed by atoms with Crippen molar-refractivity contribution < 1.29 is 14.3 Å². The molecule has 0 spiro atoms. The lowest BCUT2D eigenvalue weighted by Gasteiger charge is -2.37. The van der Waals surface area contributed by atoms with Gasteiger partial charge in [0.2, 0.25) is 11.8 Å². The number of hydrogen-bond acceptors (Lipinski definition) is 5. The molecule has 1 unspecified atom stereocenters. The third-order valence-corrected chi connectivity index (χ3v) is 5.74. The summed E-state index contributed by atoms with van der Waals surface area (Å²) in [6.07, 6.45) is 4.97. The highest BCUT2D eigenvalue weighted by atomic mass is 16.5. The van der Waals surface area contributed by atoms with Crippen LogP contribution >= 0.6 is 0 Å². The number of likely N-dealkylation sites (tertiary alicyclic amines) is 1. The number of amides is 2. The van der Waals surface area contributed by atoms with Crippen molar-refractivity contribution in [2.45, 2.75) is 38.1 Å². The molecule has 1 aliphatic heterocycles. The van der Waals surface area contributed by atoms with Crippen molar-refractivity contribution in [1.82, 2.24) is 20.2 Å². The molecule has 2 amide bonds. The molecule has 1 fully saturated rings. The summed E-state index contributed by atoms with van der Waals surface area (Å²) >= 11 is 0. The molecule has 0 radical (unpaired) electrons. The van der Waals surface area contributed by atoms with Gasteiger partial charge in [-0.2, -0.15) is 0 Å². The van der Waals surface area contributed by atoms with Crippen LogP contribution in [-0.2, 0) is 4.79 Å². The topological polar surface area (TPSA) is 84.4 Å². The first-order valence-electron chi connectivity index (χ1n) is 11.1. The largest absolute Gasteiger partial charge is 0.437 e. The van der Waals surface area contributed by atoms with Gasteiger partial charge >= 0.3 is 0 Å². The number of carbonyl (C=O) groups excluding carboxylic acids is 2. The van der Waals surface area contributed by atoms with E-state index in [0.717, 1.165) is 18.5 Å². The number of rotatable bonds is 6. The molecule has 170 valence electrons. The lowest BCUT2D eigenvalue weighted by Crippen LogP contribution is -2.57. The summed E-state index contributed by atoms with van der Waals surface area (Å²) in [7, 11) is 0. The average Bonchev–Trinajstić information content (AvgIpc) is 2.85. The van der Waals surface area contributed by atoms with E-state index in [1.165, 1.54) is 0 Å². The van der Waals surface area contributed by atoms with Gasteiger partial charge in [-0.1, -0.05) is 36.4 Å². The molecule has 1 aromatic heterocycles. The van der Waals surface area contributed by atoms with E-state index in [9.17, 15) is 9.59 Å². The van der Waals surface area contributed by atoms with Gasteiger partial charge in [0.05, 0.1) is 0 Å². The molecule has 0 saturated carbocycles. The molecule has 3 aromatic rings. The quantitative estimate of drug-likeness (QED) is 0.616. The van der Waals surface area contributed by atoms with Crippen LogP contribution in [0.3, 0.4) is 0 Å². The Labute approximate surface area is 193 Å². The highest BCUT2D eigenvalue weighted by Crippen LogP contribution is 2.33. The Bertz CT molecular complexity index is 1100. The predicted octanol–water partition coefficient (Wildman–Crippen LogP) is 4.18. The summed E-state index contributed by atoms with van der Waals surface area (Å²) < 4.78 is 5.99. The summed E-state index contributed by atoms with van der Waals surface area (Å²) in [6.45, 7) is 4.61. The van der Waals surface area contributed by atoms with Gasteiger partial charge in [0.1, 0.15) is 17.0 Å². The van der Waals surface area contributed by atoms with Gasteiger partial charge < -0.3 is 15.0 Å². The Morgan fingerprint density at radius 1 is 1.00 bits per heavy atom. The van der Waals surface area contributed by atoms with Crippen molar-refractivity contribution in [3.8, 4) is 11.6 Å². The fourth-order valence-electron chi connectivity index (χ4n) is 4.07. The predicted molar refractivity (Wildman–Crippen MR) is 125 cm³/mol. The maximum absolute atomic E-state index is 13.4. The number of aromatic nitrogens is 2. The fourth-order valence-corrected chi connectivity index (χ4v) is 4.07. The highest BCUT2D eigenvalue weighted by Gasteiger charge is 2.37.